The number of benzene rings is 1. The first-order chi connectivity index (χ1) is 11.5. The predicted molar refractivity (Wildman–Crippen MR) is 115 cm³/mol. The van der Waals surface area contributed by atoms with Crippen molar-refractivity contribution in [2.45, 2.75) is 25.7 Å². The lowest BCUT2D eigenvalue weighted by molar-refractivity contribution is 0.210. The average Bonchev–Trinajstić information content (AvgIpc) is 3.01. The number of guanidine groups is 1. The van der Waals surface area contributed by atoms with Crippen LogP contribution in [0.2, 0.25) is 0 Å². The highest BCUT2D eigenvalue weighted by Gasteiger charge is 2.34. The Morgan fingerprint density at radius 1 is 1.20 bits per heavy atom. The molecule has 0 radical (unpaired) electrons. The highest BCUT2D eigenvalue weighted by molar-refractivity contribution is 14.0. The van der Waals surface area contributed by atoms with E-state index in [0.29, 0.717) is 17.5 Å². The van der Waals surface area contributed by atoms with Gasteiger partial charge in [-0.15, -0.1) is 24.0 Å². The van der Waals surface area contributed by atoms with Crippen molar-refractivity contribution in [3.05, 3.63) is 18.2 Å². The molecule has 142 valence electrons. The topological polar surface area (TPSA) is 72.1 Å². The highest BCUT2D eigenvalue weighted by atomic mass is 127. The molecule has 0 saturated heterocycles. The lowest BCUT2D eigenvalue weighted by atomic mass is 9.86. The molecule has 0 unspecified atom stereocenters. The van der Waals surface area contributed by atoms with Crippen molar-refractivity contribution in [1.29, 1.82) is 0 Å². The van der Waals surface area contributed by atoms with Crippen LogP contribution in [0.5, 0.6) is 11.5 Å². The van der Waals surface area contributed by atoms with E-state index in [-0.39, 0.29) is 29.4 Å². The summed E-state index contributed by atoms with van der Waals surface area (Å²) in [5.74, 6) is 1.79. The van der Waals surface area contributed by atoms with Gasteiger partial charge in [-0.05, 0) is 39.1 Å². The molecule has 1 aromatic carbocycles. The number of anilines is 1. The fourth-order valence-electron chi connectivity index (χ4n) is 3.52. The molecule has 1 aromatic rings. The van der Waals surface area contributed by atoms with Gasteiger partial charge in [0.1, 0.15) is 0 Å². The third kappa shape index (κ3) is 6.22. The minimum absolute atomic E-state index is 0. The molecule has 1 saturated carbocycles. The maximum absolute atomic E-state index is 6.09. The van der Waals surface area contributed by atoms with Gasteiger partial charge >= 0.3 is 0 Å². The minimum atomic E-state index is 0. The molecule has 0 spiro atoms. The lowest BCUT2D eigenvalue weighted by Gasteiger charge is -2.30. The quantitative estimate of drug-likeness (QED) is 0.370. The number of nitrogens with one attached hydrogen (secondary N) is 1. The minimum Gasteiger partial charge on any atom is -0.493 e. The third-order valence-electron chi connectivity index (χ3n) is 4.56. The van der Waals surface area contributed by atoms with E-state index in [1.54, 1.807) is 14.2 Å². The number of ether oxygens (including phenoxy) is 2. The summed E-state index contributed by atoms with van der Waals surface area (Å²) in [5.41, 5.74) is 7.18. The van der Waals surface area contributed by atoms with Crippen LogP contribution >= 0.6 is 24.0 Å². The number of methoxy groups -OCH3 is 2. The van der Waals surface area contributed by atoms with Crippen molar-refractivity contribution in [2.24, 2.45) is 16.1 Å². The first-order valence-corrected chi connectivity index (χ1v) is 8.42. The van der Waals surface area contributed by atoms with Gasteiger partial charge in [0.05, 0.1) is 14.2 Å². The smallest absolute Gasteiger partial charge is 0.193 e. The Balaban J connectivity index is 0.00000312. The van der Waals surface area contributed by atoms with Crippen LogP contribution in [-0.4, -0.2) is 52.3 Å². The van der Waals surface area contributed by atoms with E-state index in [4.69, 9.17) is 15.2 Å². The normalized spacial score (nSPS) is 16.4. The molecule has 7 heteroatoms. The van der Waals surface area contributed by atoms with Crippen LogP contribution in [0.1, 0.15) is 25.7 Å². The van der Waals surface area contributed by atoms with Crippen LogP contribution in [0.15, 0.2) is 23.2 Å². The van der Waals surface area contributed by atoms with Crippen LogP contribution in [-0.2, 0) is 0 Å². The maximum Gasteiger partial charge on any atom is 0.193 e. The Morgan fingerprint density at radius 3 is 2.40 bits per heavy atom. The van der Waals surface area contributed by atoms with E-state index in [0.717, 1.165) is 18.8 Å². The molecule has 0 bridgehead atoms. The third-order valence-corrected chi connectivity index (χ3v) is 4.56. The number of aliphatic imine (C=N–C) groups is 1. The standard InChI is InChI=1S/C18H30N4O2.HI/c1-22(2)13-18(9-5-6-10-18)12-20-17(19)21-14-7-8-15(23-3)16(11-14)24-4;/h7-8,11H,5-6,9-10,12-13H2,1-4H3,(H3,19,20,21);1H. The molecule has 2 rings (SSSR count). The summed E-state index contributed by atoms with van der Waals surface area (Å²) in [5, 5.41) is 3.14. The van der Waals surface area contributed by atoms with Gasteiger partial charge in [0.25, 0.3) is 0 Å². The van der Waals surface area contributed by atoms with Crippen molar-refractivity contribution in [3.63, 3.8) is 0 Å². The van der Waals surface area contributed by atoms with Crippen LogP contribution < -0.4 is 20.5 Å². The van der Waals surface area contributed by atoms with E-state index >= 15 is 0 Å². The fraction of sp³-hybridized carbons (Fsp3) is 0.611. The summed E-state index contributed by atoms with van der Waals surface area (Å²) < 4.78 is 10.6. The highest BCUT2D eigenvalue weighted by Crippen LogP contribution is 2.38. The van der Waals surface area contributed by atoms with Gasteiger partial charge in [-0.25, -0.2) is 0 Å². The van der Waals surface area contributed by atoms with E-state index in [2.05, 4.69) is 29.3 Å². The Labute approximate surface area is 168 Å². The molecule has 1 fully saturated rings. The van der Waals surface area contributed by atoms with Crippen molar-refractivity contribution in [1.82, 2.24) is 4.90 Å². The van der Waals surface area contributed by atoms with Crippen LogP contribution in [0.25, 0.3) is 0 Å². The molecule has 1 aliphatic carbocycles. The first-order valence-electron chi connectivity index (χ1n) is 8.42. The van der Waals surface area contributed by atoms with Gasteiger partial charge in [-0.1, -0.05) is 12.8 Å². The number of hydrogen-bond donors (Lipinski definition) is 2. The summed E-state index contributed by atoms with van der Waals surface area (Å²) in [6.07, 6.45) is 5.01. The zero-order valence-electron chi connectivity index (χ0n) is 15.7. The molecule has 0 atom stereocenters. The Kier molecular flexibility index (Phi) is 8.78. The molecule has 0 aromatic heterocycles. The molecule has 25 heavy (non-hydrogen) atoms. The number of rotatable bonds is 7. The Hall–Kier alpha value is -1.22. The molecule has 1 aliphatic rings. The SMILES string of the molecule is COc1ccc(NC(N)=NCC2(CN(C)C)CCCC2)cc1OC.I. The first kappa shape index (κ1) is 21.8. The second kappa shape index (κ2) is 10.1. The molecule has 0 aliphatic heterocycles. The van der Waals surface area contributed by atoms with Crippen LogP contribution in [0.3, 0.4) is 0 Å². The van der Waals surface area contributed by atoms with E-state index in [1.807, 2.05) is 18.2 Å². The number of nitrogens with two attached hydrogens (primary N) is 1. The van der Waals surface area contributed by atoms with Gasteiger partial charge in [0.2, 0.25) is 0 Å². The number of nitrogens with zero attached hydrogens (tertiary/aromatic N) is 2. The monoisotopic (exact) mass is 462 g/mol. The molecular weight excluding hydrogens is 431 g/mol. The second-order valence-corrected chi connectivity index (χ2v) is 6.84. The van der Waals surface area contributed by atoms with Crippen LogP contribution in [0.4, 0.5) is 5.69 Å². The van der Waals surface area contributed by atoms with Gasteiger partial charge < -0.3 is 25.4 Å². The Morgan fingerprint density at radius 2 is 1.84 bits per heavy atom. The number of hydrogen-bond acceptors (Lipinski definition) is 4. The summed E-state index contributed by atoms with van der Waals surface area (Å²) in [4.78, 5) is 6.86. The lowest BCUT2D eigenvalue weighted by Crippen LogP contribution is -2.35. The van der Waals surface area contributed by atoms with E-state index < -0.39 is 0 Å². The number of halogens is 1. The summed E-state index contributed by atoms with van der Waals surface area (Å²) in [6.45, 7) is 1.82. The predicted octanol–water partition coefficient (Wildman–Crippen LogP) is 3.17. The van der Waals surface area contributed by atoms with Gasteiger partial charge in [-0.3, -0.25) is 4.99 Å². The van der Waals surface area contributed by atoms with Gasteiger partial charge in [0, 0.05) is 30.3 Å². The second-order valence-electron chi connectivity index (χ2n) is 6.84. The zero-order valence-corrected chi connectivity index (χ0v) is 18.0. The van der Waals surface area contributed by atoms with Crippen molar-refractivity contribution >= 4 is 35.6 Å². The molecule has 6 nitrogen and oxygen atoms in total. The maximum atomic E-state index is 6.09. The van der Waals surface area contributed by atoms with Crippen molar-refractivity contribution in [3.8, 4) is 11.5 Å². The zero-order chi connectivity index (χ0) is 17.6. The molecule has 0 heterocycles. The molecule has 0 amide bonds. The van der Waals surface area contributed by atoms with E-state index in [9.17, 15) is 0 Å². The fourth-order valence-corrected chi connectivity index (χ4v) is 3.52. The van der Waals surface area contributed by atoms with Gasteiger partial charge in [0.15, 0.2) is 17.5 Å². The van der Waals surface area contributed by atoms with Crippen molar-refractivity contribution < 1.29 is 9.47 Å². The van der Waals surface area contributed by atoms with E-state index in [1.165, 1.54) is 25.7 Å². The summed E-state index contributed by atoms with van der Waals surface area (Å²) in [6, 6.07) is 5.60. The van der Waals surface area contributed by atoms with Gasteiger partial charge in [-0.2, -0.15) is 0 Å². The van der Waals surface area contributed by atoms with Crippen LogP contribution in [0, 0.1) is 5.41 Å². The molecule has 3 N–H and O–H groups in total. The average molecular weight is 462 g/mol. The molecular formula is C18H31IN4O2. The largest absolute Gasteiger partial charge is 0.493 e. The summed E-state index contributed by atoms with van der Waals surface area (Å²) in [7, 11) is 7.47. The Bertz CT molecular complexity index is 572. The summed E-state index contributed by atoms with van der Waals surface area (Å²) >= 11 is 0. The van der Waals surface area contributed by atoms with Crippen molar-refractivity contribution in [2.75, 3.05) is 46.7 Å².